The fourth-order valence-corrected chi connectivity index (χ4v) is 2.00. The van der Waals surface area contributed by atoms with Crippen LogP contribution in [0, 0.1) is 0 Å². The maximum absolute atomic E-state index is 12.6. The number of carbonyl (C=O) groups excluding carboxylic acids is 1. The Hall–Kier alpha value is -2.09. The second kappa shape index (κ2) is 5.72. The molecule has 1 aliphatic heterocycles. The Morgan fingerprint density at radius 3 is 2.57 bits per heavy atom. The molecule has 1 unspecified atom stereocenters. The Kier molecular flexibility index (Phi) is 4.17. The van der Waals surface area contributed by atoms with Crippen molar-refractivity contribution < 1.29 is 32.6 Å². The van der Waals surface area contributed by atoms with Gasteiger partial charge in [0.25, 0.3) is 5.91 Å². The van der Waals surface area contributed by atoms with Gasteiger partial charge in [-0.2, -0.15) is 13.2 Å². The van der Waals surface area contributed by atoms with Gasteiger partial charge in [-0.25, -0.2) is 4.79 Å². The molecule has 0 radical (unpaired) electrons. The highest BCUT2D eigenvalue weighted by Gasteiger charge is 2.32. The maximum Gasteiger partial charge on any atom is 0.416 e. The molecule has 0 aliphatic carbocycles. The predicted molar refractivity (Wildman–Crippen MR) is 66.0 cm³/mol. The molecule has 114 valence electrons. The van der Waals surface area contributed by atoms with Crippen LogP contribution in [0.3, 0.4) is 0 Å². The number of carbonyl (C=O) groups is 2. The first-order valence-corrected chi connectivity index (χ1v) is 6.16. The number of alkyl halides is 3. The number of ether oxygens (including phenoxy) is 1. The monoisotopic (exact) mass is 303 g/mol. The van der Waals surface area contributed by atoms with Crippen LogP contribution in [-0.2, 0) is 15.7 Å². The zero-order valence-corrected chi connectivity index (χ0v) is 10.7. The van der Waals surface area contributed by atoms with E-state index in [1.54, 1.807) is 0 Å². The van der Waals surface area contributed by atoms with E-state index in [0.29, 0.717) is 25.5 Å². The van der Waals surface area contributed by atoms with Gasteiger partial charge in [0.1, 0.15) is 6.10 Å². The van der Waals surface area contributed by atoms with Crippen molar-refractivity contribution in [2.24, 2.45) is 0 Å². The fraction of sp³-hybridized carbons (Fsp3) is 0.385. The molecule has 1 amide bonds. The van der Waals surface area contributed by atoms with Crippen molar-refractivity contribution in [3.8, 4) is 0 Å². The summed E-state index contributed by atoms with van der Waals surface area (Å²) in [5, 5.41) is 11.3. The lowest BCUT2D eigenvalue weighted by Crippen LogP contribution is -2.27. The molecule has 1 aromatic carbocycles. The lowest BCUT2D eigenvalue weighted by Gasteiger charge is -2.14. The first kappa shape index (κ1) is 15.3. The number of carboxylic acid groups (broad SMARTS) is 1. The Morgan fingerprint density at radius 2 is 2.05 bits per heavy atom. The third-order valence-electron chi connectivity index (χ3n) is 3.06. The molecule has 0 saturated carbocycles. The molecule has 1 heterocycles. The van der Waals surface area contributed by atoms with E-state index in [1.807, 2.05) is 0 Å². The average Bonchev–Trinajstić information content (AvgIpc) is 2.91. The second-order valence-electron chi connectivity index (χ2n) is 4.55. The van der Waals surface area contributed by atoms with Crippen molar-refractivity contribution >= 4 is 17.6 Å². The van der Waals surface area contributed by atoms with Gasteiger partial charge in [0.15, 0.2) is 0 Å². The van der Waals surface area contributed by atoms with Crippen LogP contribution < -0.4 is 5.32 Å². The van der Waals surface area contributed by atoms with Crippen LogP contribution in [0.5, 0.6) is 0 Å². The third kappa shape index (κ3) is 3.52. The largest absolute Gasteiger partial charge is 0.478 e. The highest BCUT2D eigenvalue weighted by molar-refractivity contribution is 6.02. The van der Waals surface area contributed by atoms with E-state index < -0.39 is 35.3 Å². The Labute approximate surface area is 117 Å². The van der Waals surface area contributed by atoms with Crippen molar-refractivity contribution in [2.75, 3.05) is 11.9 Å². The lowest BCUT2D eigenvalue weighted by atomic mass is 10.1. The summed E-state index contributed by atoms with van der Waals surface area (Å²) in [6.45, 7) is 0.427. The number of benzene rings is 1. The molecule has 1 fully saturated rings. The van der Waals surface area contributed by atoms with Crippen molar-refractivity contribution in [3.63, 3.8) is 0 Å². The number of hydrogen-bond donors (Lipinski definition) is 2. The summed E-state index contributed by atoms with van der Waals surface area (Å²) < 4.78 is 42.8. The predicted octanol–water partition coefficient (Wildman–Crippen LogP) is 2.52. The van der Waals surface area contributed by atoms with Crippen molar-refractivity contribution in [1.82, 2.24) is 0 Å². The summed E-state index contributed by atoms with van der Waals surface area (Å²) in [6, 6.07) is 2.14. The average molecular weight is 303 g/mol. The molecule has 1 atom stereocenters. The molecule has 2 rings (SSSR count). The number of anilines is 1. The van der Waals surface area contributed by atoms with E-state index in [1.165, 1.54) is 0 Å². The van der Waals surface area contributed by atoms with Gasteiger partial charge in [-0.3, -0.25) is 4.79 Å². The zero-order chi connectivity index (χ0) is 15.6. The fourth-order valence-electron chi connectivity index (χ4n) is 2.00. The molecule has 21 heavy (non-hydrogen) atoms. The summed E-state index contributed by atoms with van der Waals surface area (Å²) in [5.41, 5.74) is -1.89. The molecule has 0 aromatic heterocycles. The van der Waals surface area contributed by atoms with E-state index in [9.17, 15) is 22.8 Å². The molecular weight excluding hydrogens is 291 g/mol. The number of halogens is 3. The van der Waals surface area contributed by atoms with Crippen LogP contribution >= 0.6 is 0 Å². The molecule has 0 spiro atoms. The van der Waals surface area contributed by atoms with Gasteiger partial charge < -0.3 is 15.2 Å². The molecule has 0 bridgehead atoms. The van der Waals surface area contributed by atoms with Gasteiger partial charge >= 0.3 is 12.1 Å². The van der Waals surface area contributed by atoms with Crippen molar-refractivity contribution in [2.45, 2.75) is 25.1 Å². The van der Waals surface area contributed by atoms with Crippen LogP contribution in [0.4, 0.5) is 18.9 Å². The quantitative estimate of drug-likeness (QED) is 0.899. The molecular formula is C13H12F3NO4. The van der Waals surface area contributed by atoms with Gasteiger partial charge in [0.2, 0.25) is 0 Å². The Balaban J connectivity index is 2.26. The van der Waals surface area contributed by atoms with Gasteiger partial charge in [0, 0.05) is 6.61 Å². The molecule has 2 N–H and O–H groups in total. The number of nitrogens with one attached hydrogen (secondary N) is 1. The van der Waals surface area contributed by atoms with Gasteiger partial charge in [0.05, 0.1) is 16.8 Å². The Bertz CT molecular complexity index is 565. The maximum atomic E-state index is 12.6. The first-order chi connectivity index (χ1) is 9.79. The van der Waals surface area contributed by atoms with Crippen LogP contribution in [-0.4, -0.2) is 29.7 Å². The molecule has 5 nitrogen and oxygen atoms in total. The van der Waals surface area contributed by atoms with Crippen molar-refractivity contribution in [3.05, 3.63) is 29.3 Å². The van der Waals surface area contributed by atoms with E-state index in [2.05, 4.69) is 5.32 Å². The first-order valence-electron chi connectivity index (χ1n) is 6.16. The molecule has 1 saturated heterocycles. The highest BCUT2D eigenvalue weighted by Crippen LogP contribution is 2.32. The second-order valence-corrected chi connectivity index (χ2v) is 4.55. The highest BCUT2D eigenvalue weighted by atomic mass is 19.4. The zero-order valence-electron chi connectivity index (χ0n) is 10.7. The summed E-state index contributed by atoms with van der Waals surface area (Å²) in [4.78, 5) is 22.9. The summed E-state index contributed by atoms with van der Waals surface area (Å²) in [6.07, 6.45) is -4.15. The van der Waals surface area contributed by atoms with E-state index in [0.717, 1.165) is 12.1 Å². The standard InChI is InChI=1S/C13H12F3NO4/c14-13(15,16)7-3-4-9(8(6-7)12(19)20)17-11(18)10-2-1-5-21-10/h3-4,6,10H,1-2,5H2,(H,17,18)(H,19,20). The van der Waals surface area contributed by atoms with Crippen LogP contribution in [0.1, 0.15) is 28.8 Å². The van der Waals surface area contributed by atoms with Crippen LogP contribution in [0.15, 0.2) is 18.2 Å². The summed E-state index contributed by atoms with van der Waals surface area (Å²) >= 11 is 0. The van der Waals surface area contributed by atoms with E-state index in [4.69, 9.17) is 9.84 Å². The number of aromatic carboxylic acids is 1. The molecule has 1 aromatic rings. The summed E-state index contributed by atoms with van der Waals surface area (Å²) in [7, 11) is 0. The SMILES string of the molecule is O=C(O)c1cc(C(F)(F)F)ccc1NC(=O)C1CCCO1. The van der Waals surface area contributed by atoms with E-state index in [-0.39, 0.29) is 5.69 Å². The van der Waals surface area contributed by atoms with Crippen LogP contribution in [0.25, 0.3) is 0 Å². The molecule has 8 heteroatoms. The third-order valence-corrected chi connectivity index (χ3v) is 3.06. The molecule has 1 aliphatic rings. The lowest BCUT2D eigenvalue weighted by molar-refractivity contribution is -0.137. The van der Waals surface area contributed by atoms with Crippen LogP contribution in [0.2, 0.25) is 0 Å². The smallest absolute Gasteiger partial charge is 0.416 e. The minimum absolute atomic E-state index is 0.184. The van der Waals surface area contributed by atoms with Gasteiger partial charge in [-0.15, -0.1) is 0 Å². The number of carboxylic acids is 1. The number of rotatable bonds is 3. The summed E-state index contributed by atoms with van der Waals surface area (Å²) in [5.74, 6) is -2.11. The van der Waals surface area contributed by atoms with Gasteiger partial charge in [-0.05, 0) is 31.0 Å². The van der Waals surface area contributed by atoms with Crippen molar-refractivity contribution in [1.29, 1.82) is 0 Å². The normalized spacial score (nSPS) is 18.5. The topological polar surface area (TPSA) is 75.6 Å². The van der Waals surface area contributed by atoms with E-state index >= 15 is 0 Å². The number of amides is 1. The van der Waals surface area contributed by atoms with Gasteiger partial charge in [-0.1, -0.05) is 0 Å². The number of hydrogen-bond acceptors (Lipinski definition) is 3. The minimum Gasteiger partial charge on any atom is -0.478 e. The Morgan fingerprint density at radius 1 is 1.33 bits per heavy atom. The minimum atomic E-state index is -4.65.